The number of rotatable bonds is 8. The van der Waals surface area contributed by atoms with Gasteiger partial charge in [-0.15, -0.1) is 0 Å². The number of methoxy groups -OCH3 is 1. The van der Waals surface area contributed by atoms with Crippen LogP contribution in [0.15, 0.2) is 30.6 Å². The average molecular weight is 288 g/mol. The highest BCUT2D eigenvalue weighted by Gasteiger charge is 2.03. The summed E-state index contributed by atoms with van der Waals surface area (Å²) in [6.45, 7) is 1.79. The van der Waals surface area contributed by atoms with Gasteiger partial charge in [0.2, 0.25) is 5.91 Å². The van der Waals surface area contributed by atoms with Gasteiger partial charge in [0, 0.05) is 32.0 Å². The molecule has 2 rings (SSSR count). The highest BCUT2D eigenvalue weighted by atomic mass is 16.5. The lowest BCUT2D eigenvalue weighted by Crippen LogP contribution is -2.27. The lowest BCUT2D eigenvalue weighted by molar-refractivity contribution is -0.121. The molecule has 1 aromatic carbocycles. The number of aromatic nitrogens is 2. The van der Waals surface area contributed by atoms with Crippen molar-refractivity contribution in [1.82, 2.24) is 15.3 Å². The van der Waals surface area contributed by atoms with E-state index >= 15 is 0 Å². The van der Waals surface area contributed by atoms with E-state index in [1.165, 1.54) is 0 Å². The molecular formula is C15H20N4O2. The molecule has 112 valence electrons. The summed E-state index contributed by atoms with van der Waals surface area (Å²) in [7, 11) is 1.61. The van der Waals surface area contributed by atoms with Crippen LogP contribution in [-0.4, -0.2) is 42.7 Å². The van der Waals surface area contributed by atoms with E-state index in [1.54, 1.807) is 13.4 Å². The number of hydrogen-bond donors (Lipinski definition) is 2. The first kappa shape index (κ1) is 15.2. The van der Waals surface area contributed by atoms with Crippen LogP contribution in [0.2, 0.25) is 0 Å². The maximum atomic E-state index is 11.5. The quantitative estimate of drug-likeness (QED) is 0.721. The van der Waals surface area contributed by atoms with Crippen molar-refractivity contribution >= 4 is 22.6 Å². The monoisotopic (exact) mass is 288 g/mol. The fourth-order valence-corrected chi connectivity index (χ4v) is 1.98. The van der Waals surface area contributed by atoms with Crippen molar-refractivity contribution in [2.24, 2.45) is 0 Å². The molecule has 0 bridgehead atoms. The first-order valence-corrected chi connectivity index (χ1v) is 7.00. The zero-order valence-corrected chi connectivity index (χ0v) is 12.1. The lowest BCUT2D eigenvalue weighted by Gasteiger charge is -2.08. The SMILES string of the molecule is COCCNC(=O)CCCNc1ncnc2ccccc12. The van der Waals surface area contributed by atoms with Crippen LogP contribution in [0.4, 0.5) is 5.82 Å². The highest BCUT2D eigenvalue weighted by Crippen LogP contribution is 2.18. The molecular weight excluding hydrogens is 268 g/mol. The third-order valence-corrected chi connectivity index (χ3v) is 3.04. The third kappa shape index (κ3) is 4.68. The van der Waals surface area contributed by atoms with E-state index in [0.29, 0.717) is 26.1 Å². The zero-order valence-electron chi connectivity index (χ0n) is 12.1. The number of amides is 1. The molecule has 0 radical (unpaired) electrons. The minimum Gasteiger partial charge on any atom is -0.383 e. The summed E-state index contributed by atoms with van der Waals surface area (Å²) in [6.07, 6.45) is 2.78. The second kappa shape index (κ2) is 8.16. The normalized spacial score (nSPS) is 10.5. The third-order valence-electron chi connectivity index (χ3n) is 3.04. The number of hydrogen-bond acceptors (Lipinski definition) is 5. The molecule has 0 saturated heterocycles. The first-order valence-electron chi connectivity index (χ1n) is 7.00. The maximum absolute atomic E-state index is 11.5. The van der Waals surface area contributed by atoms with Crippen LogP contribution in [0.25, 0.3) is 10.9 Å². The molecule has 2 aromatic rings. The van der Waals surface area contributed by atoms with Crippen molar-refractivity contribution in [3.63, 3.8) is 0 Å². The number of carbonyl (C=O) groups excluding carboxylic acids is 1. The molecule has 0 spiro atoms. The minimum absolute atomic E-state index is 0.0430. The van der Waals surface area contributed by atoms with Gasteiger partial charge in [0.25, 0.3) is 0 Å². The number of nitrogens with one attached hydrogen (secondary N) is 2. The van der Waals surface area contributed by atoms with Gasteiger partial charge in [-0.2, -0.15) is 0 Å². The minimum atomic E-state index is 0.0430. The van der Waals surface area contributed by atoms with Crippen LogP contribution in [0, 0.1) is 0 Å². The maximum Gasteiger partial charge on any atom is 0.220 e. The largest absolute Gasteiger partial charge is 0.383 e. The molecule has 0 aliphatic heterocycles. The van der Waals surface area contributed by atoms with Crippen LogP contribution >= 0.6 is 0 Å². The Morgan fingerprint density at radius 2 is 2.10 bits per heavy atom. The van der Waals surface area contributed by atoms with Crippen molar-refractivity contribution < 1.29 is 9.53 Å². The molecule has 0 saturated carbocycles. The standard InChI is InChI=1S/C15H20N4O2/c1-21-10-9-16-14(20)7-4-8-17-15-12-5-2-3-6-13(12)18-11-19-15/h2-3,5-6,11H,4,7-10H2,1H3,(H,16,20)(H,17,18,19). The number of para-hydroxylation sites is 1. The molecule has 6 nitrogen and oxygen atoms in total. The molecule has 0 atom stereocenters. The number of anilines is 1. The summed E-state index contributed by atoms with van der Waals surface area (Å²) < 4.78 is 4.88. The Kier molecular flexibility index (Phi) is 5.90. The highest BCUT2D eigenvalue weighted by molar-refractivity contribution is 5.88. The molecule has 0 fully saturated rings. The number of nitrogens with zero attached hydrogens (tertiary/aromatic N) is 2. The fraction of sp³-hybridized carbons (Fsp3) is 0.400. The van der Waals surface area contributed by atoms with E-state index in [1.807, 2.05) is 24.3 Å². The van der Waals surface area contributed by atoms with Gasteiger partial charge >= 0.3 is 0 Å². The summed E-state index contributed by atoms with van der Waals surface area (Å²) in [5.74, 6) is 0.849. The van der Waals surface area contributed by atoms with Crippen molar-refractivity contribution in [2.75, 3.05) is 32.1 Å². The van der Waals surface area contributed by atoms with E-state index in [0.717, 1.165) is 23.1 Å². The van der Waals surface area contributed by atoms with Crippen LogP contribution in [0.3, 0.4) is 0 Å². The lowest BCUT2D eigenvalue weighted by atomic mass is 10.2. The molecule has 21 heavy (non-hydrogen) atoms. The summed E-state index contributed by atoms with van der Waals surface area (Å²) in [6, 6.07) is 7.84. The Labute approximate surface area is 123 Å². The molecule has 1 aromatic heterocycles. The van der Waals surface area contributed by atoms with Crippen LogP contribution in [0.1, 0.15) is 12.8 Å². The molecule has 1 amide bonds. The summed E-state index contributed by atoms with van der Waals surface area (Å²) in [5, 5.41) is 7.04. The summed E-state index contributed by atoms with van der Waals surface area (Å²) in [5.41, 5.74) is 0.910. The van der Waals surface area contributed by atoms with E-state index in [4.69, 9.17) is 4.74 Å². The Hall–Kier alpha value is -2.21. The second-order valence-corrected chi connectivity index (χ2v) is 4.61. The Balaban J connectivity index is 1.76. The van der Waals surface area contributed by atoms with Gasteiger partial charge in [0.05, 0.1) is 12.1 Å². The fourth-order valence-electron chi connectivity index (χ4n) is 1.98. The Bertz CT molecular complexity index is 583. The second-order valence-electron chi connectivity index (χ2n) is 4.61. The number of ether oxygens (including phenoxy) is 1. The predicted molar refractivity (Wildman–Crippen MR) is 82.1 cm³/mol. The first-order chi connectivity index (χ1) is 10.3. The molecule has 1 heterocycles. The van der Waals surface area contributed by atoms with Crippen molar-refractivity contribution in [1.29, 1.82) is 0 Å². The smallest absolute Gasteiger partial charge is 0.220 e. The van der Waals surface area contributed by atoms with Gasteiger partial charge in [-0.1, -0.05) is 12.1 Å². The van der Waals surface area contributed by atoms with Gasteiger partial charge in [-0.25, -0.2) is 9.97 Å². The van der Waals surface area contributed by atoms with Crippen molar-refractivity contribution in [3.05, 3.63) is 30.6 Å². The average Bonchev–Trinajstić information content (AvgIpc) is 2.52. The van der Waals surface area contributed by atoms with Gasteiger partial charge < -0.3 is 15.4 Å². The van der Waals surface area contributed by atoms with Crippen LogP contribution in [0.5, 0.6) is 0 Å². The molecule has 2 N–H and O–H groups in total. The van der Waals surface area contributed by atoms with Gasteiger partial charge in [-0.05, 0) is 18.6 Å². The van der Waals surface area contributed by atoms with Gasteiger partial charge in [0.1, 0.15) is 12.1 Å². The zero-order chi connectivity index (χ0) is 14.9. The number of fused-ring (bicyclic) bond motifs is 1. The van der Waals surface area contributed by atoms with E-state index in [2.05, 4.69) is 20.6 Å². The molecule has 0 unspecified atom stereocenters. The molecule has 6 heteroatoms. The predicted octanol–water partition coefficient (Wildman–Crippen LogP) is 1.58. The molecule has 0 aliphatic rings. The van der Waals surface area contributed by atoms with E-state index in [9.17, 15) is 4.79 Å². The van der Waals surface area contributed by atoms with Crippen molar-refractivity contribution in [2.45, 2.75) is 12.8 Å². The van der Waals surface area contributed by atoms with Gasteiger partial charge in [0.15, 0.2) is 0 Å². The van der Waals surface area contributed by atoms with E-state index in [-0.39, 0.29) is 5.91 Å². The Morgan fingerprint density at radius 3 is 2.95 bits per heavy atom. The summed E-state index contributed by atoms with van der Waals surface area (Å²) >= 11 is 0. The number of carbonyl (C=O) groups is 1. The van der Waals surface area contributed by atoms with Crippen molar-refractivity contribution in [3.8, 4) is 0 Å². The van der Waals surface area contributed by atoms with Gasteiger partial charge in [-0.3, -0.25) is 4.79 Å². The summed E-state index contributed by atoms with van der Waals surface area (Å²) in [4.78, 5) is 20.0. The van der Waals surface area contributed by atoms with Crippen LogP contribution in [-0.2, 0) is 9.53 Å². The van der Waals surface area contributed by atoms with E-state index < -0.39 is 0 Å². The topological polar surface area (TPSA) is 76.1 Å². The van der Waals surface area contributed by atoms with Crippen LogP contribution < -0.4 is 10.6 Å². The number of benzene rings is 1. The molecule has 0 aliphatic carbocycles. The Morgan fingerprint density at radius 1 is 1.24 bits per heavy atom.